The fraction of sp³-hybridized carbons (Fsp3) is 0.300. The molecule has 6 nitrogen and oxygen atoms in total. The summed E-state index contributed by atoms with van der Waals surface area (Å²) < 4.78 is 31.7. The number of benzene rings is 1. The summed E-state index contributed by atoms with van der Waals surface area (Å²) in [5.41, 5.74) is 2.94. The van der Waals surface area contributed by atoms with Crippen LogP contribution in [-0.4, -0.2) is 19.6 Å². The Hall–Kier alpha value is -2.25. The second-order valence-corrected chi connectivity index (χ2v) is 3.59. The van der Waals surface area contributed by atoms with Crippen LogP contribution in [0.2, 0.25) is 0 Å². The molecule has 8 heteroatoms. The Kier molecular flexibility index (Phi) is 3.09. The maximum Gasteiger partial charge on any atom is 0.201 e. The van der Waals surface area contributed by atoms with Gasteiger partial charge in [-0.25, -0.2) is 9.40 Å². The van der Waals surface area contributed by atoms with Crippen LogP contribution < -0.4 is 15.2 Å². The second kappa shape index (κ2) is 4.55. The van der Waals surface area contributed by atoms with Gasteiger partial charge in [0.2, 0.25) is 5.82 Å². The van der Waals surface area contributed by atoms with Crippen LogP contribution in [0.25, 0.3) is 0 Å². The van der Waals surface area contributed by atoms with E-state index in [4.69, 9.17) is 4.74 Å². The molecule has 0 aliphatic carbocycles. The van der Waals surface area contributed by atoms with Crippen molar-refractivity contribution in [1.82, 2.24) is 5.43 Å². The van der Waals surface area contributed by atoms with Gasteiger partial charge in [0, 0.05) is 11.6 Å². The third kappa shape index (κ3) is 1.75. The minimum atomic E-state index is -1.08. The van der Waals surface area contributed by atoms with Crippen molar-refractivity contribution in [2.75, 3.05) is 12.1 Å². The second-order valence-electron chi connectivity index (χ2n) is 3.59. The molecule has 0 bridgehead atoms. The molecule has 1 heterocycles. The number of anilines is 1. The predicted octanol–water partition coefficient (Wildman–Crippen LogP) is 1.50. The first kappa shape index (κ1) is 12.2. The maximum absolute atomic E-state index is 13.5. The molecule has 0 spiro atoms. The number of carbonyl (C=O) groups is 1. The van der Waals surface area contributed by atoms with Crippen molar-refractivity contribution < 1.29 is 18.3 Å². The number of hydrogen-bond acceptors (Lipinski definition) is 6. The van der Waals surface area contributed by atoms with Crippen molar-refractivity contribution in [2.24, 2.45) is 10.4 Å². The molecule has 1 aliphatic heterocycles. The number of nitrogens with one attached hydrogen (secondary N) is 1. The van der Waals surface area contributed by atoms with E-state index in [-0.39, 0.29) is 11.4 Å². The van der Waals surface area contributed by atoms with Crippen molar-refractivity contribution in [1.29, 1.82) is 0 Å². The third-order valence-electron chi connectivity index (χ3n) is 2.57. The lowest BCUT2D eigenvalue weighted by Crippen LogP contribution is -2.36. The monoisotopic (exact) mass is 256 g/mol. The molecule has 18 heavy (non-hydrogen) atoms. The molecule has 0 saturated carbocycles. The van der Waals surface area contributed by atoms with Crippen LogP contribution in [0.3, 0.4) is 0 Å². The van der Waals surface area contributed by atoms with Crippen molar-refractivity contribution in [2.45, 2.75) is 13.1 Å². The Morgan fingerprint density at radius 2 is 2.28 bits per heavy atom. The molecule has 1 aromatic rings. The lowest BCUT2D eigenvalue weighted by atomic mass is 10.1. The van der Waals surface area contributed by atoms with E-state index in [1.54, 1.807) is 0 Å². The van der Waals surface area contributed by atoms with Gasteiger partial charge in [-0.1, -0.05) is 5.22 Å². The van der Waals surface area contributed by atoms with E-state index in [2.05, 4.69) is 15.9 Å². The molecular formula is C10H10F2N4O2. The largest absolute Gasteiger partial charge is 0.493 e. The topological polar surface area (TPSA) is 66.3 Å². The van der Waals surface area contributed by atoms with Crippen LogP contribution >= 0.6 is 0 Å². The number of nitrogens with zero attached hydrogens (tertiary/aromatic N) is 3. The number of ether oxygens (including phenoxy) is 1. The van der Waals surface area contributed by atoms with Crippen LogP contribution in [0, 0.1) is 18.6 Å². The number of methoxy groups -OCH3 is 1. The average Bonchev–Trinajstić information content (AvgIpc) is 2.82. The standard InChI is InChI=1S/C10H10F2N4O2/c1-5-7(16-8(4-17)13-14-15-16)3-6(11)9(12)10(5)18-2/h3-4,8H,1-2H3,(H,13,15). The fourth-order valence-corrected chi connectivity index (χ4v) is 1.69. The van der Waals surface area contributed by atoms with Crippen LogP contribution in [0.4, 0.5) is 14.5 Å². The van der Waals surface area contributed by atoms with Crippen LogP contribution in [0.15, 0.2) is 16.5 Å². The first-order valence-electron chi connectivity index (χ1n) is 5.03. The maximum atomic E-state index is 13.5. The van der Waals surface area contributed by atoms with Gasteiger partial charge in [-0.05, 0) is 12.1 Å². The van der Waals surface area contributed by atoms with Crippen molar-refractivity contribution in [3.05, 3.63) is 23.3 Å². The fourth-order valence-electron chi connectivity index (χ4n) is 1.69. The van der Waals surface area contributed by atoms with Crippen LogP contribution in [-0.2, 0) is 4.79 Å². The van der Waals surface area contributed by atoms with Gasteiger partial charge in [0.15, 0.2) is 24.0 Å². The number of rotatable bonds is 3. The minimum Gasteiger partial charge on any atom is -0.493 e. The molecule has 96 valence electrons. The molecule has 0 saturated heterocycles. The highest BCUT2D eigenvalue weighted by atomic mass is 19.2. The summed E-state index contributed by atoms with van der Waals surface area (Å²) >= 11 is 0. The van der Waals surface area contributed by atoms with Gasteiger partial charge >= 0.3 is 0 Å². The zero-order valence-corrected chi connectivity index (χ0v) is 9.65. The quantitative estimate of drug-likeness (QED) is 0.832. The third-order valence-corrected chi connectivity index (χ3v) is 2.57. The zero-order valence-electron chi connectivity index (χ0n) is 9.65. The van der Waals surface area contributed by atoms with Gasteiger partial charge in [-0.15, -0.1) is 0 Å². The minimum absolute atomic E-state index is 0.205. The molecule has 1 unspecified atom stereocenters. The summed E-state index contributed by atoms with van der Waals surface area (Å²) in [4.78, 5) is 10.8. The number of hydrogen-bond donors (Lipinski definition) is 1. The van der Waals surface area contributed by atoms with E-state index in [0.29, 0.717) is 11.8 Å². The van der Waals surface area contributed by atoms with Crippen molar-refractivity contribution in [3.63, 3.8) is 0 Å². The first-order valence-corrected chi connectivity index (χ1v) is 5.03. The Morgan fingerprint density at radius 1 is 1.56 bits per heavy atom. The van der Waals surface area contributed by atoms with Gasteiger partial charge in [0.1, 0.15) is 0 Å². The number of halogens is 2. The molecule has 1 N–H and O–H groups in total. The Balaban J connectivity index is 2.54. The highest BCUT2D eigenvalue weighted by Crippen LogP contribution is 2.34. The van der Waals surface area contributed by atoms with Gasteiger partial charge in [0.05, 0.1) is 12.8 Å². The van der Waals surface area contributed by atoms with Gasteiger partial charge < -0.3 is 4.74 Å². The smallest absolute Gasteiger partial charge is 0.201 e. The Bertz CT molecular complexity index is 521. The predicted molar refractivity (Wildman–Crippen MR) is 58.0 cm³/mol. The molecule has 1 aromatic carbocycles. The highest BCUT2D eigenvalue weighted by molar-refractivity contribution is 5.68. The molecule has 0 radical (unpaired) electrons. The number of carbonyl (C=O) groups excluding carboxylic acids is 1. The molecule has 0 fully saturated rings. The first-order chi connectivity index (χ1) is 8.60. The van der Waals surface area contributed by atoms with E-state index < -0.39 is 17.8 Å². The van der Waals surface area contributed by atoms with E-state index in [1.807, 2.05) is 0 Å². The van der Waals surface area contributed by atoms with E-state index in [0.717, 1.165) is 11.1 Å². The van der Waals surface area contributed by atoms with Crippen LogP contribution in [0.5, 0.6) is 5.75 Å². The summed E-state index contributed by atoms with van der Waals surface area (Å²) in [7, 11) is 1.23. The van der Waals surface area contributed by atoms with Gasteiger partial charge in [0.25, 0.3) is 0 Å². The normalized spacial score (nSPS) is 17.8. The van der Waals surface area contributed by atoms with E-state index in [9.17, 15) is 13.6 Å². The molecule has 0 aromatic heterocycles. The summed E-state index contributed by atoms with van der Waals surface area (Å²) in [6, 6.07) is 0.940. The van der Waals surface area contributed by atoms with Crippen LogP contribution in [0.1, 0.15) is 5.56 Å². The Morgan fingerprint density at radius 3 is 2.89 bits per heavy atom. The number of aldehydes is 1. The van der Waals surface area contributed by atoms with E-state index in [1.165, 1.54) is 14.0 Å². The zero-order chi connectivity index (χ0) is 13.3. The van der Waals surface area contributed by atoms with Gasteiger partial charge in [-0.2, -0.15) is 4.39 Å². The van der Waals surface area contributed by atoms with Gasteiger partial charge in [-0.3, -0.25) is 10.2 Å². The summed E-state index contributed by atoms with van der Waals surface area (Å²) in [5.74, 6) is -2.39. The highest BCUT2D eigenvalue weighted by Gasteiger charge is 2.27. The molecule has 1 atom stereocenters. The van der Waals surface area contributed by atoms with Crippen molar-refractivity contribution >= 4 is 12.0 Å². The average molecular weight is 256 g/mol. The SMILES string of the molecule is COc1c(C)c(N2N=NNC2C=O)cc(F)c1F. The lowest BCUT2D eigenvalue weighted by molar-refractivity contribution is -0.109. The summed E-state index contributed by atoms with van der Waals surface area (Å²) in [6.45, 7) is 1.53. The molecule has 2 rings (SSSR count). The van der Waals surface area contributed by atoms with E-state index >= 15 is 0 Å². The Labute approximate surface area is 101 Å². The molecular weight excluding hydrogens is 246 g/mol. The lowest BCUT2D eigenvalue weighted by Gasteiger charge is -2.20. The summed E-state index contributed by atoms with van der Waals surface area (Å²) in [5, 5.41) is 8.24. The van der Waals surface area contributed by atoms with Crippen molar-refractivity contribution in [3.8, 4) is 5.75 Å². The summed E-state index contributed by atoms with van der Waals surface area (Å²) in [6.07, 6.45) is -0.300. The molecule has 0 amide bonds. The molecule has 1 aliphatic rings.